The monoisotopic (exact) mass is 259 g/mol. The van der Waals surface area contributed by atoms with Crippen molar-refractivity contribution in [1.82, 2.24) is 0 Å². The van der Waals surface area contributed by atoms with Gasteiger partial charge < -0.3 is 4.74 Å². The molecular weight excluding hydrogens is 250 g/mol. The molecule has 0 atom stereocenters. The van der Waals surface area contributed by atoms with E-state index >= 15 is 0 Å². The first-order valence-electron chi connectivity index (χ1n) is 4.09. The predicted molar refractivity (Wildman–Crippen MR) is 57.1 cm³/mol. The van der Waals surface area contributed by atoms with Gasteiger partial charge in [0.2, 0.25) is 0 Å². The SMILES string of the molecule is Cc1ccc([N+](=O)[O-])cc1OCCBr. The van der Waals surface area contributed by atoms with Gasteiger partial charge in [-0.2, -0.15) is 0 Å². The molecule has 0 radical (unpaired) electrons. The zero-order valence-electron chi connectivity index (χ0n) is 7.70. The average Bonchev–Trinajstić information content (AvgIpc) is 2.16. The molecule has 1 rings (SSSR count). The summed E-state index contributed by atoms with van der Waals surface area (Å²) >= 11 is 3.22. The molecule has 0 amide bonds. The molecule has 0 aliphatic carbocycles. The van der Waals surface area contributed by atoms with Gasteiger partial charge in [-0.3, -0.25) is 10.1 Å². The number of nitro benzene ring substituents is 1. The maximum Gasteiger partial charge on any atom is 0.273 e. The number of aryl methyl sites for hydroxylation is 1. The fourth-order valence-corrected chi connectivity index (χ4v) is 1.17. The number of benzene rings is 1. The first-order valence-corrected chi connectivity index (χ1v) is 5.21. The van der Waals surface area contributed by atoms with Gasteiger partial charge in [0.15, 0.2) is 0 Å². The van der Waals surface area contributed by atoms with Crippen molar-refractivity contribution in [2.75, 3.05) is 11.9 Å². The van der Waals surface area contributed by atoms with Crippen molar-refractivity contribution in [2.24, 2.45) is 0 Å². The molecule has 0 spiro atoms. The van der Waals surface area contributed by atoms with Crippen LogP contribution in [0.5, 0.6) is 5.75 Å². The quantitative estimate of drug-likeness (QED) is 0.475. The Morgan fingerprint density at radius 1 is 1.57 bits per heavy atom. The Kier molecular flexibility index (Phi) is 3.88. The Morgan fingerprint density at radius 3 is 2.86 bits per heavy atom. The van der Waals surface area contributed by atoms with Crippen molar-refractivity contribution < 1.29 is 9.66 Å². The molecule has 0 saturated heterocycles. The van der Waals surface area contributed by atoms with Gasteiger partial charge in [-0.15, -0.1) is 0 Å². The summed E-state index contributed by atoms with van der Waals surface area (Å²) in [5, 5.41) is 11.2. The Balaban J connectivity index is 2.90. The molecule has 0 saturated carbocycles. The van der Waals surface area contributed by atoms with Crippen LogP contribution in [-0.2, 0) is 0 Å². The van der Waals surface area contributed by atoms with Crippen LogP contribution in [0.25, 0.3) is 0 Å². The van der Waals surface area contributed by atoms with Crippen molar-refractivity contribution in [1.29, 1.82) is 0 Å². The minimum absolute atomic E-state index is 0.0557. The number of alkyl halides is 1. The molecule has 0 N–H and O–H groups in total. The normalized spacial score (nSPS) is 9.86. The average molecular weight is 260 g/mol. The van der Waals surface area contributed by atoms with Gasteiger partial charge in [0.05, 0.1) is 17.6 Å². The van der Waals surface area contributed by atoms with E-state index < -0.39 is 4.92 Å². The summed E-state index contributed by atoms with van der Waals surface area (Å²) in [6.07, 6.45) is 0. The Hall–Kier alpha value is -1.10. The first-order chi connectivity index (χ1) is 6.65. The molecule has 76 valence electrons. The van der Waals surface area contributed by atoms with E-state index in [-0.39, 0.29) is 5.69 Å². The highest BCUT2D eigenvalue weighted by molar-refractivity contribution is 9.09. The fraction of sp³-hybridized carbons (Fsp3) is 0.333. The third kappa shape index (κ3) is 2.70. The summed E-state index contributed by atoms with van der Waals surface area (Å²) in [4.78, 5) is 10.0. The summed E-state index contributed by atoms with van der Waals surface area (Å²) in [7, 11) is 0. The lowest BCUT2D eigenvalue weighted by atomic mass is 10.2. The number of non-ortho nitro benzene ring substituents is 1. The molecule has 14 heavy (non-hydrogen) atoms. The molecule has 0 fully saturated rings. The van der Waals surface area contributed by atoms with E-state index in [2.05, 4.69) is 15.9 Å². The number of hydrogen-bond acceptors (Lipinski definition) is 3. The van der Waals surface area contributed by atoms with E-state index in [4.69, 9.17) is 4.74 Å². The van der Waals surface area contributed by atoms with E-state index in [1.54, 1.807) is 6.07 Å². The third-order valence-corrected chi connectivity index (χ3v) is 2.04. The largest absolute Gasteiger partial charge is 0.492 e. The number of nitrogens with zero attached hydrogens (tertiary/aromatic N) is 1. The van der Waals surface area contributed by atoms with Gasteiger partial charge in [-0.1, -0.05) is 15.9 Å². The minimum Gasteiger partial charge on any atom is -0.492 e. The van der Waals surface area contributed by atoms with Crippen LogP contribution in [-0.4, -0.2) is 16.9 Å². The Morgan fingerprint density at radius 2 is 2.29 bits per heavy atom. The second-order valence-electron chi connectivity index (χ2n) is 2.74. The van der Waals surface area contributed by atoms with Crippen molar-refractivity contribution >= 4 is 21.6 Å². The molecule has 5 heteroatoms. The Labute approximate surface area is 90.2 Å². The van der Waals surface area contributed by atoms with Gasteiger partial charge in [0.25, 0.3) is 5.69 Å². The van der Waals surface area contributed by atoms with Crippen LogP contribution in [0.4, 0.5) is 5.69 Å². The van der Waals surface area contributed by atoms with Crippen LogP contribution in [0, 0.1) is 17.0 Å². The number of halogens is 1. The fourth-order valence-electron chi connectivity index (χ4n) is 1.01. The van der Waals surface area contributed by atoms with Crippen molar-refractivity contribution in [3.63, 3.8) is 0 Å². The van der Waals surface area contributed by atoms with E-state index in [1.807, 2.05) is 6.92 Å². The predicted octanol–water partition coefficient (Wildman–Crippen LogP) is 2.68. The standard InChI is InChI=1S/C9H10BrNO3/c1-7-2-3-8(11(12)13)6-9(7)14-5-4-10/h2-3,6H,4-5H2,1H3. The lowest BCUT2D eigenvalue weighted by molar-refractivity contribution is -0.384. The number of hydrogen-bond donors (Lipinski definition) is 0. The first kappa shape index (κ1) is 11.0. The van der Waals surface area contributed by atoms with Gasteiger partial charge in [0.1, 0.15) is 5.75 Å². The summed E-state index contributed by atoms with van der Waals surface area (Å²) < 4.78 is 5.33. The van der Waals surface area contributed by atoms with Gasteiger partial charge >= 0.3 is 0 Å². The highest BCUT2D eigenvalue weighted by Crippen LogP contribution is 2.23. The number of rotatable bonds is 4. The molecule has 0 aliphatic heterocycles. The molecule has 1 aromatic carbocycles. The van der Waals surface area contributed by atoms with E-state index in [0.29, 0.717) is 17.7 Å². The summed E-state index contributed by atoms with van der Waals surface area (Å²) in [5.41, 5.74) is 0.955. The van der Waals surface area contributed by atoms with Crippen LogP contribution in [0.1, 0.15) is 5.56 Å². The van der Waals surface area contributed by atoms with Crippen molar-refractivity contribution in [2.45, 2.75) is 6.92 Å². The second-order valence-corrected chi connectivity index (χ2v) is 3.54. The van der Waals surface area contributed by atoms with Crippen LogP contribution in [0.2, 0.25) is 0 Å². The van der Waals surface area contributed by atoms with Crippen LogP contribution >= 0.6 is 15.9 Å². The zero-order chi connectivity index (χ0) is 10.6. The maximum absolute atomic E-state index is 10.5. The van der Waals surface area contributed by atoms with Crippen LogP contribution in [0.3, 0.4) is 0 Å². The van der Waals surface area contributed by atoms with Crippen molar-refractivity contribution in [3.8, 4) is 5.75 Å². The smallest absolute Gasteiger partial charge is 0.273 e. The topological polar surface area (TPSA) is 52.4 Å². The van der Waals surface area contributed by atoms with Gasteiger partial charge in [-0.25, -0.2) is 0 Å². The summed E-state index contributed by atoms with van der Waals surface area (Å²) in [6.45, 7) is 2.36. The molecule has 1 aromatic rings. The lowest BCUT2D eigenvalue weighted by Gasteiger charge is -2.06. The molecule has 0 bridgehead atoms. The molecule has 4 nitrogen and oxygen atoms in total. The molecular formula is C9H10BrNO3. The van der Waals surface area contributed by atoms with Crippen molar-refractivity contribution in [3.05, 3.63) is 33.9 Å². The maximum atomic E-state index is 10.5. The van der Waals surface area contributed by atoms with Crippen LogP contribution in [0.15, 0.2) is 18.2 Å². The third-order valence-electron chi connectivity index (χ3n) is 1.72. The van der Waals surface area contributed by atoms with Gasteiger partial charge in [0, 0.05) is 11.4 Å². The van der Waals surface area contributed by atoms with E-state index in [9.17, 15) is 10.1 Å². The van der Waals surface area contributed by atoms with E-state index in [1.165, 1.54) is 12.1 Å². The minimum atomic E-state index is -0.430. The number of ether oxygens (including phenoxy) is 1. The lowest BCUT2D eigenvalue weighted by Crippen LogP contribution is -2.00. The van der Waals surface area contributed by atoms with E-state index in [0.717, 1.165) is 5.56 Å². The van der Waals surface area contributed by atoms with Gasteiger partial charge in [-0.05, 0) is 18.6 Å². The summed E-state index contributed by atoms with van der Waals surface area (Å²) in [5.74, 6) is 0.568. The highest BCUT2D eigenvalue weighted by atomic mass is 79.9. The Bertz CT molecular complexity index is 341. The number of nitro groups is 1. The molecule has 0 aromatic heterocycles. The zero-order valence-corrected chi connectivity index (χ0v) is 9.28. The second kappa shape index (κ2) is 4.95. The van der Waals surface area contributed by atoms with Crippen LogP contribution < -0.4 is 4.74 Å². The molecule has 0 heterocycles. The summed E-state index contributed by atoms with van der Waals surface area (Å²) in [6, 6.07) is 4.59. The highest BCUT2D eigenvalue weighted by Gasteiger charge is 2.08. The molecule has 0 unspecified atom stereocenters. The molecule has 0 aliphatic rings.